The Morgan fingerprint density at radius 3 is 2.18 bits per heavy atom. The number of carboxylic acid groups (broad SMARTS) is 1. The minimum atomic E-state index is -1.50. The second-order valence-electron chi connectivity index (χ2n) is 5.28. The number of rotatable bonds is 3. The Labute approximate surface area is 99.5 Å². The fourth-order valence-electron chi connectivity index (χ4n) is 1.85. The van der Waals surface area contributed by atoms with Crippen LogP contribution in [-0.2, 0) is 9.53 Å². The summed E-state index contributed by atoms with van der Waals surface area (Å²) in [6, 6.07) is 0. The van der Waals surface area contributed by atoms with E-state index in [1.165, 1.54) is 0 Å². The third-order valence-corrected chi connectivity index (χ3v) is 2.85. The van der Waals surface area contributed by atoms with Crippen molar-refractivity contribution in [1.29, 1.82) is 0 Å². The minimum Gasteiger partial charge on any atom is -0.480 e. The number of ether oxygens (including phenoxy) is 1. The molecule has 2 atom stereocenters. The SMILES string of the molecule is CC(C)(C)N1CC(F)C(OCC(=O)O)C(F)C1. The van der Waals surface area contributed by atoms with Crippen molar-refractivity contribution < 1.29 is 23.4 Å². The van der Waals surface area contributed by atoms with Crippen molar-refractivity contribution in [2.24, 2.45) is 0 Å². The summed E-state index contributed by atoms with van der Waals surface area (Å²) < 4.78 is 32.2. The smallest absolute Gasteiger partial charge is 0.329 e. The molecule has 0 aliphatic carbocycles. The highest BCUT2D eigenvalue weighted by Gasteiger charge is 2.41. The summed E-state index contributed by atoms with van der Waals surface area (Å²) in [5.41, 5.74) is -0.313. The van der Waals surface area contributed by atoms with Gasteiger partial charge in [0, 0.05) is 18.6 Å². The fourth-order valence-corrected chi connectivity index (χ4v) is 1.85. The summed E-state index contributed by atoms with van der Waals surface area (Å²) in [5.74, 6) is -1.22. The van der Waals surface area contributed by atoms with Crippen molar-refractivity contribution >= 4 is 5.97 Å². The third kappa shape index (κ3) is 3.89. The molecule has 0 bridgehead atoms. The highest BCUT2D eigenvalue weighted by molar-refractivity contribution is 5.68. The average molecular weight is 251 g/mol. The van der Waals surface area contributed by atoms with Crippen LogP contribution in [0.1, 0.15) is 20.8 Å². The van der Waals surface area contributed by atoms with E-state index in [1.54, 1.807) is 4.90 Å². The fraction of sp³-hybridized carbons (Fsp3) is 0.909. The lowest BCUT2D eigenvalue weighted by atomic mass is 9.97. The highest BCUT2D eigenvalue weighted by atomic mass is 19.1. The van der Waals surface area contributed by atoms with E-state index in [0.717, 1.165) is 0 Å². The van der Waals surface area contributed by atoms with Crippen molar-refractivity contribution in [3.05, 3.63) is 0 Å². The van der Waals surface area contributed by atoms with Crippen LogP contribution in [0.15, 0.2) is 0 Å². The molecular weight excluding hydrogens is 232 g/mol. The zero-order chi connectivity index (χ0) is 13.2. The molecule has 2 unspecified atom stereocenters. The van der Waals surface area contributed by atoms with Gasteiger partial charge in [0.15, 0.2) is 0 Å². The van der Waals surface area contributed by atoms with Crippen LogP contribution in [0.5, 0.6) is 0 Å². The third-order valence-electron chi connectivity index (χ3n) is 2.85. The zero-order valence-electron chi connectivity index (χ0n) is 10.3. The Morgan fingerprint density at radius 1 is 1.35 bits per heavy atom. The molecule has 6 heteroatoms. The van der Waals surface area contributed by atoms with Crippen molar-refractivity contribution in [2.75, 3.05) is 19.7 Å². The second kappa shape index (κ2) is 5.27. The van der Waals surface area contributed by atoms with Crippen LogP contribution in [0, 0.1) is 0 Å². The van der Waals surface area contributed by atoms with Gasteiger partial charge in [-0.1, -0.05) is 0 Å². The molecule has 1 aliphatic rings. The van der Waals surface area contributed by atoms with Gasteiger partial charge in [0.05, 0.1) is 0 Å². The molecule has 0 spiro atoms. The Morgan fingerprint density at radius 2 is 1.82 bits per heavy atom. The molecule has 100 valence electrons. The van der Waals surface area contributed by atoms with Gasteiger partial charge in [-0.25, -0.2) is 13.6 Å². The molecule has 0 saturated carbocycles. The Bertz CT molecular complexity index is 268. The van der Waals surface area contributed by atoms with E-state index in [0.29, 0.717) is 0 Å². The molecule has 1 saturated heterocycles. The maximum atomic E-state index is 13.7. The lowest BCUT2D eigenvalue weighted by Crippen LogP contribution is -2.58. The highest BCUT2D eigenvalue weighted by Crippen LogP contribution is 2.25. The molecular formula is C11H19F2NO3. The first kappa shape index (κ1) is 14.3. The maximum Gasteiger partial charge on any atom is 0.329 e. The summed E-state index contributed by atoms with van der Waals surface area (Å²) in [6.07, 6.45) is -4.28. The summed E-state index contributed by atoms with van der Waals surface area (Å²) in [7, 11) is 0. The van der Waals surface area contributed by atoms with Gasteiger partial charge in [-0.15, -0.1) is 0 Å². The van der Waals surface area contributed by atoms with Crippen molar-refractivity contribution in [1.82, 2.24) is 4.90 Å². The molecule has 0 aromatic rings. The number of halogens is 2. The van der Waals surface area contributed by atoms with Gasteiger partial charge in [-0.05, 0) is 20.8 Å². The number of hydrogen-bond donors (Lipinski definition) is 1. The predicted octanol–water partition coefficient (Wildman–Crippen LogP) is 1.25. The van der Waals surface area contributed by atoms with Crippen LogP contribution in [-0.4, -0.2) is 59.7 Å². The summed E-state index contributed by atoms with van der Waals surface area (Å²) in [5, 5.41) is 8.42. The van der Waals surface area contributed by atoms with Crippen LogP contribution in [0.25, 0.3) is 0 Å². The molecule has 1 rings (SSSR count). The standard InChI is InChI=1S/C11H19F2NO3/c1-11(2,3)14-4-7(12)10(8(13)5-14)17-6-9(15)16/h7-8,10H,4-6H2,1-3H3,(H,15,16). The number of alkyl halides is 2. The minimum absolute atomic E-state index is 0.0637. The van der Waals surface area contributed by atoms with Gasteiger partial charge >= 0.3 is 5.97 Å². The summed E-state index contributed by atoms with van der Waals surface area (Å²) >= 11 is 0. The number of hydrogen-bond acceptors (Lipinski definition) is 3. The topological polar surface area (TPSA) is 49.8 Å². The largest absolute Gasteiger partial charge is 0.480 e. The van der Waals surface area contributed by atoms with Crippen molar-refractivity contribution in [3.63, 3.8) is 0 Å². The molecule has 4 nitrogen and oxygen atoms in total. The number of carboxylic acids is 1. The molecule has 1 N–H and O–H groups in total. The first-order valence-corrected chi connectivity index (χ1v) is 5.58. The van der Waals surface area contributed by atoms with Crippen LogP contribution < -0.4 is 0 Å². The average Bonchev–Trinajstić information content (AvgIpc) is 2.14. The van der Waals surface area contributed by atoms with E-state index in [2.05, 4.69) is 0 Å². The molecule has 1 fully saturated rings. The molecule has 17 heavy (non-hydrogen) atoms. The quantitative estimate of drug-likeness (QED) is 0.820. The number of carbonyl (C=O) groups is 1. The second-order valence-corrected chi connectivity index (χ2v) is 5.28. The van der Waals surface area contributed by atoms with Gasteiger partial charge in [-0.3, -0.25) is 4.90 Å². The van der Waals surface area contributed by atoms with E-state index in [9.17, 15) is 13.6 Å². The van der Waals surface area contributed by atoms with Crippen LogP contribution in [0.2, 0.25) is 0 Å². The summed E-state index contributed by atoms with van der Waals surface area (Å²) in [4.78, 5) is 12.0. The number of nitrogens with zero attached hydrogens (tertiary/aromatic N) is 1. The Hall–Kier alpha value is -0.750. The lowest BCUT2D eigenvalue weighted by Gasteiger charge is -2.43. The van der Waals surface area contributed by atoms with E-state index >= 15 is 0 Å². The normalized spacial score (nSPS) is 31.5. The first-order chi connectivity index (χ1) is 7.71. The molecule has 0 aromatic heterocycles. The lowest BCUT2D eigenvalue weighted by molar-refractivity contribution is -0.153. The van der Waals surface area contributed by atoms with Gasteiger partial charge in [0.2, 0.25) is 0 Å². The van der Waals surface area contributed by atoms with E-state index in [1.807, 2.05) is 20.8 Å². The van der Waals surface area contributed by atoms with Crippen LogP contribution in [0.4, 0.5) is 8.78 Å². The number of likely N-dealkylation sites (tertiary alicyclic amines) is 1. The molecule has 1 heterocycles. The van der Waals surface area contributed by atoms with Gasteiger partial charge in [0.25, 0.3) is 0 Å². The molecule has 0 radical (unpaired) electrons. The maximum absolute atomic E-state index is 13.7. The van der Waals surface area contributed by atoms with Crippen LogP contribution in [0.3, 0.4) is 0 Å². The first-order valence-electron chi connectivity index (χ1n) is 5.58. The zero-order valence-corrected chi connectivity index (χ0v) is 10.3. The Kier molecular flexibility index (Phi) is 4.43. The van der Waals surface area contributed by atoms with Gasteiger partial charge in [-0.2, -0.15) is 0 Å². The predicted molar refractivity (Wildman–Crippen MR) is 58.5 cm³/mol. The van der Waals surface area contributed by atoms with Crippen molar-refractivity contribution in [3.8, 4) is 0 Å². The molecule has 0 amide bonds. The van der Waals surface area contributed by atoms with Crippen molar-refractivity contribution in [2.45, 2.75) is 44.8 Å². The van der Waals surface area contributed by atoms with Gasteiger partial charge < -0.3 is 9.84 Å². The molecule has 1 aliphatic heterocycles. The molecule has 0 aromatic carbocycles. The van der Waals surface area contributed by atoms with E-state index in [-0.39, 0.29) is 18.6 Å². The number of aliphatic carboxylic acids is 1. The Balaban J connectivity index is 2.59. The van der Waals surface area contributed by atoms with Gasteiger partial charge in [0.1, 0.15) is 25.1 Å². The number of piperidine rings is 1. The van der Waals surface area contributed by atoms with E-state index < -0.39 is 31.0 Å². The van der Waals surface area contributed by atoms with E-state index in [4.69, 9.17) is 9.84 Å². The van der Waals surface area contributed by atoms with Crippen LogP contribution >= 0.6 is 0 Å². The summed E-state index contributed by atoms with van der Waals surface area (Å²) in [6.45, 7) is 5.10. The monoisotopic (exact) mass is 251 g/mol.